The van der Waals surface area contributed by atoms with Crippen LogP contribution in [0.2, 0.25) is 0 Å². The molecule has 1 aromatic carbocycles. The van der Waals surface area contributed by atoms with Gasteiger partial charge in [0, 0.05) is 36.6 Å². The van der Waals surface area contributed by atoms with E-state index in [1.165, 1.54) is 12.1 Å². The van der Waals surface area contributed by atoms with Crippen LogP contribution in [0.3, 0.4) is 0 Å². The normalized spacial score (nSPS) is 16.1. The molecule has 4 nitrogen and oxygen atoms in total. The van der Waals surface area contributed by atoms with Crippen molar-refractivity contribution in [3.63, 3.8) is 0 Å². The average Bonchev–Trinajstić information content (AvgIpc) is 2.48. The molecule has 0 atom stereocenters. The number of hydrogen-bond acceptors (Lipinski definition) is 4. The van der Waals surface area contributed by atoms with Crippen LogP contribution < -0.4 is 5.32 Å². The molecular formula is C14H18F2N2O2S. The lowest BCUT2D eigenvalue weighted by Gasteiger charge is -2.26. The first-order valence-electron chi connectivity index (χ1n) is 6.78. The number of morpholine rings is 1. The molecule has 0 radical (unpaired) electrons. The van der Waals surface area contributed by atoms with E-state index in [4.69, 9.17) is 4.74 Å². The van der Waals surface area contributed by atoms with Crippen LogP contribution in [-0.2, 0) is 4.74 Å². The Hall–Kier alpha value is -1.18. The van der Waals surface area contributed by atoms with Crippen molar-refractivity contribution in [3.05, 3.63) is 29.8 Å². The molecule has 1 N–H and O–H groups in total. The van der Waals surface area contributed by atoms with E-state index in [1.807, 2.05) is 0 Å². The van der Waals surface area contributed by atoms with E-state index in [1.54, 1.807) is 12.1 Å². The molecule has 2 rings (SSSR count). The Bertz CT molecular complexity index is 451. The number of ether oxygens (including phenoxy) is 1. The number of thioether (sulfide) groups is 1. The number of carbonyl (C=O) groups is 1. The van der Waals surface area contributed by atoms with Gasteiger partial charge in [-0.3, -0.25) is 9.69 Å². The number of alkyl halides is 2. The SMILES string of the molecule is O=C(NCCN1CCOCC1)c1ccc(SC(F)F)cc1. The fourth-order valence-electron chi connectivity index (χ4n) is 2.04. The zero-order valence-corrected chi connectivity index (χ0v) is 12.4. The maximum absolute atomic E-state index is 12.2. The van der Waals surface area contributed by atoms with Crippen molar-refractivity contribution >= 4 is 17.7 Å². The minimum Gasteiger partial charge on any atom is -0.379 e. The van der Waals surface area contributed by atoms with Gasteiger partial charge in [0.1, 0.15) is 0 Å². The van der Waals surface area contributed by atoms with Crippen molar-refractivity contribution in [2.45, 2.75) is 10.7 Å². The highest BCUT2D eigenvalue weighted by atomic mass is 32.2. The second-order valence-corrected chi connectivity index (χ2v) is 5.68. The van der Waals surface area contributed by atoms with E-state index >= 15 is 0 Å². The molecule has 1 fully saturated rings. The summed E-state index contributed by atoms with van der Waals surface area (Å²) in [5, 5.41) is 2.83. The van der Waals surface area contributed by atoms with Gasteiger partial charge >= 0.3 is 0 Å². The van der Waals surface area contributed by atoms with Gasteiger partial charge in [0.05, 0.1) is 13.2 Å². The maximum atomic E-state index is 12.2. The number of halogens is 2. The summed E-state index contributed by atoms with van der Waals surface area (Å²) < 4.78 is 29.6. The van der Waals surface area contributed by atoms with Crippen molar-refractivity contribution in [3.8, 4) is 0 Å². The topological polar surface area (TPSA) is 41.6 Å². The summed E-state index contributed by atoms with van der Waals surface area (Å²) in [5.74, 6) is -2.63. The monoisotopic (exact) mass is 316 g/mol. The molecule has 116 valence electrons. The third kappa shape index (κ3) is 5.61. The van der Waals surface area contributed by atoms with Crippen LogP contribution in [0.15, 0.2) is 29.2 Å². The molecule has 1 heterocycles. The highest BCUT2D eigenvalue weighted by molar-refractivity contribution is 7.99. The molecule has 0 saturated carbocycles. The highest BCUT2D eigenvalue weighted by Gasteiger charge is 2.11. The van der Waals surface area contributed by atoms with Crippen LogP contribution in [0.25, 0.3) is 0 Å². The smallest absolute Gasteiger partial charge is 0.288 e. The molecule has 0 unspecified atom stereocenters. The third-order valence-corrected chi connectivity index (χ3v) is 3.88. The number of amides is 1. The van der Waals surface area contributed by atoms with E-state index in [2.05, 4.69) is 10.2 Å². The summed E-state index contributed by atoms with van der Waals surface area (Å²) in [6.07, 6.45) is 0. The summed E-state index contributed by atoms with van der Waals surface area (Å²) >= 11 is 0.472. The Labute approximate surface area is 126 Å². The molecule has 7 heteroatoms. The predicted molar refractivity (Wildman–Crippen MR) is 77.9 cm³/mol. The van der Waals surface area contributed by atoms with Crippen molar-refractivity contribution in [1.29, 1.82) is 0 Å². The standard InChI is InChI=1S/C14H18F2N2O2S/c15-14(16)21-12-3-1-11(2-4-12)13(19)17-5-6-18-7-9-20-10-8-18/h1-4,14H,5-10H2,(H,17,19). The molecule has 0 aliphatic carbocycles. The van der Waals surface area contributed by atoms with E-state index in [0.29, 0.717) is 28.8 Å². The van der Waals surface area contributed by atoms with Crippen LogP contribution in [-0.4, -0.2) is 56.0 Å². The van der Waals surface area contributed by atoms with Crippen molar-refractivity contribution < 1.29 is 18.3 Å². The third-order valence-electron chi connectivity index (χ3n) is 3.16. The number of nitrogens with one attached hydrogen (secondary N) is 1. The van der Waals surface area contributed by atoms with Gasteiger partial charge in [-0.25, -0.2) is 0 Å². The van der Waals surface area contributed by atoms with Crippen LogP contribution in [0.1, 0.15) is 10.4 Å². The van der Waals surface area contributed by atoms with Gasteiger partial charge in [0.15, 0.2) is 0 Å². The maximum Gasteiger partial charge on any atom is 0.288 e. The van der Waals surface area contributed by atoms with Gasteiger partial charge in [-0.05, 0) is 24.3 Å². The van der Waals surface area contributed by atoms with Gasteiger partial charge < -0.3 is 10.1 Å². The van der Waals surface area contributed by atoms with Crippen LogP contribution >= 0.6 is 11.8 Å². The molecule has 0 bridgehead atoms. The van der Waals surface area contributed by atoms with Crippen LogP contribution in [0.5, 0.6) is 0 Å². The van der Waals surface area contributed by atoms with Crippen molar-refractivity contribution in [2.24, 2.45) is 0 Å². The van der Waals surface area contributed by atoms with Crippen molar-refractivity contribution in [1.82, 2.24) is 10.2 Å². The van der Waals surface area contributed by atoms with Gasteiger partial charge in [-0.1, -0.05) is 11.8 Å². The first-order valence-corrected chi connectivity index (χ1v) is 7.66. The predicted octanol–water partition coefficient (Wildman–Crippen LogP) is 2.06. The minimum atomic E-state index is -2.45. The molecule has 1 aromatic rings. The first-order chi connectivity index (χ1) is 10.1. The molecule has 0 aromatic heterocycles. The van der Waals surface area contributed by atoms with Crippen LogP contribution in [0.4, 0.5) is 8.78 Å². The van der Waals surface area contributed by atoms with E-state index < -0.39 is 5.76 Å². The fraction of sp³-hybridized carbons (Fsp3) is 0.500. The largest absolute Gasteiger partial charge is 0.379 e. The Balaban J connectivity index is 1.74. The zero-order chi connectivity index (χ0) is 15.1. The number of benzene rings is 1. The lowest BCUT2D eigenvalue weighted by atomic mass is 10.2. The summed E-state index contributed by atoms with van der Waals surface area (Å²) in [6, 6.07) is 6.20. The molecule has 21 heavy (non-hydrogen) atoms. The first kappa shape index (κ1) is 16.2. The fourth-order valence-corrected chi connectivity index (χ4v) is 2.54. The lowest BCUT2D eigenvalue weighted by Crippen LogP contribution is -2.41. The number of rotatable bonds is 6. The summed E-state index contributed by atoms with van der Waals surface area (Å²) in [4.78, 5) is 14.6. The minimum absolute atomic E-state index is 0.183. The number of carbonyl (C=O) groups excluding carboxylic acids is 1. The summed E-state index contributed by atoms with van der Waals surface area (Å²) in [5.41, 5.74) is 0.482. The van der Waals surface area contributed by atoms with Crippen LogP contribution in [0, 0.1) is 0 Å². The number of hydrogen-bond donors (Lipinski definition) is 1. The summed E-state index contributed by atoms with van der Waals surface area (Å²) in [6.45, 7) is 4.58. The van der Waals surface area contributed by atoms with Gasteiger partial charge in [-0.2, -0.15) is 8.78 Å². The second kappa shape index (κ2) is 8.31. The Morgan fingerprint density at radius 3 is 2.57 bits per heavy atom. The van der Waals surface area contributed by atoms with Gasteiger partial charge in [0.25, 0.3) is 11.7 Å². The quantitative estimate of drug-likeness (QED) is 0.816. The highest BCUT2D eigenvalue weighted by Crippen LogP contribution is 2.25. The molecule has 1 amide bonds. The number of nitrogens with zero attached hydrogens (tertiary/aromatic N) is 1. The average molecular weight is 316 g/mol. The van der Waals surface area contributed by atoms with E-state index in [9.17, 15) is 13.6 Å². The Kier molecular flexibility index (Phi) is 6.41. The van der Waals surface area contributed by atoms with E-state index in [0.717, 1.165) is 32.8 Å². The van der Waals surface area contributed by atoms with Gasteiger partial charge in [0.2, 0.25) is 0 Å². The lowest BCUT2D eigenvalue weighted by molar-refractivity contribution is 0.0383. The molecule has 0 spiro atoms. The zero-order valence-electron chi connectivity index (χ0n) is 11.6. The van der Waals surface area contributed by atoms with Gasteiger partial charge in [-0.15, -0.1) is 0 Å². The Morgan fingerprint density at radius 2 is 1.95 bits per heavy atom. The van der Waals surface area contributed by atoms with E-state index in [-0.39, 0.29) is 5.91 Å². The molecular weight excluding hydrogens is 298 g/mol. The Morgan fingerprint density at radius 1 is 1.29 bits per heavy atom. The second-order valence-electron chi connectivity index (χ2n) is 4.61. The van der Waals surface area contributed by atoms with Crippen molar-refractivity contribution in [2.75, 3.05) is 39.4 Å². The molecule has 1 aliphatic heterocycles. The molecule has 1 saturated heterocycles. The molecule has 1 aliphatic rings. The summed E-state index contributed by atoms with van der Waals surface area (Å²) in [7, 11) is 0.